The number of amides is 1. The molecule has 1 fully saturated rings. The second-order valence-corrected chi connectivity index (χ2v) is 7.43. The van der Waals surface area contributed by atoms with Crippen LogP contribution in [0, 0.1) is 6.92 Å². The number of carbonyl (C=O) groups excluding carboxylic acids is 1. The molecule has 3 aromatic rings. The number of aromatic nitrogens is 3. The summed E-state index contributed by atoms with van der Waals surface area (Å²) in [4.78, 5) is 27.7. The first kappa shape index (κ1) is 17.7. The predicted molar refractivity (Wildman–Crippen MR) is 106 cm³/mol. The quantitative estimate of drug-likeness (QED) is 0.660. The van der Waals surface area contributed by atoms with E-state index >= 15 is 0 Å². The first-order valence-electron chi connectivity index (χ1n) is 9.06. The maximum Gasteiger partial charge on any atom is 0.280 e. The Kier molecular flexibility index (Phi) is 5.15. The van der Waals surface area contributed by atoms with Crippen molar-refractivity contribution in [3.63, 3.8) is 0 Å². The maximum absolute atomic E-state index is 12.3. The van der Waals surface area contributed by atoms with E-state index in [1.807, 2.05) is 37.3 Å². The van der Waals surface area contributed by atoms with E-state index in [9.17, 15) is 4.79 Å². The van der Waals surface area contributed by atoms with Gasteiger partial charge in [0.1, 0.15) is 18.2 Å². The molecule has 3 heterocycles. The van der Waals surface area contributed by atoms with Gasteiger partial charge in [0, 0.05) is 19.2 Å². The zero-order valence-corrected chi connectivity index (χ0v) is 16.0. The Morgan fingerprint density at radius 2 is 2.04 bits per heavy atom. The Hall–Kier alpha value is -2.74. The molecule has 1 aliphatic heterocycles. The molecule has 1 amide bonds. The lowest BCUT2D eigenvalue weighted by atomic mass is 10.3. The van der Waals surface area contributed by atoms with E-state index in [4.69, 9.17) is 4.74 Å². The van der Waals surface area contributed by atoms with Gasteiger partial charge in [0.05, 0.1) is 16.8 Å². The standard InChI is InChI=1S/C19H21N5O2S/c1-13-21-16(24-9-4-5-10-24)12-17(22-13)26-11-8-20-18(25)19-23-14-6-2-3-7-15(14)27-19/h2-3,6-7,12H,4-5,8-11H2,1H3,(H,20,25). The number of hydrogen-bond donors (Lipinski definition) is 1. The molecule has 0 aliphatic carbocycles. The van der Waals surface area contributed by atoms with Crippen molar-refractivity contribution < 1.29 is 9.53 Å². The Morgan fingerprint density at radius 1 is 1.22 bits per heavy atom. The number of fused-ring (bicyclic) bond motifs is 1. The molecular formula is C19H21N5O2S. The summed E-state index contributed by atoms with van der Waals surface area (Å²) in [6.45, 7) is 4.63. The lowest BCUT2D eigenvalue weighted by molar-refractivity contribution is 0.0946. The molecule has 1 aromatic carbocycles. The van der Waals surface area contributed by atoms with Crippen LogP contribution in [0.1, 0.15) is 28.5 Å². The lowest BCUT2D eigenvalue weighted by Crippen LogP contribution is -2.28. The number of benzene rings is 1. The average Bonchev–Trinajstić information content (AvgIpc) is 3.34. The fourth-order valence-electron chi connectivity index (χ4n) is 3.07. The second kappa shape index (κ2) is 7.87. The highest BCUT2D eigenvalue weighted by molar-refractivity contribution is 7.20. The van der Waals surface area contributed by atoms with Crippen LogP contribution in [-0.4, -0.2) is 47.1 Å². The van der Waals surface area contributed by atoms with Crippen LogP contribution in [0.4, 0.5) is 5.82 Å². The molecule has 0 spiro atoms. The van der Waals surface area contributed by atoms with Gasteiger partial charge in [-0.15, -0.1) is 11.3 Å². The first-order valence-corrected chi connectivity index (χ1v) is 9.88. The number of hydrogen-bond acceptors (Lipinski definition) is 7. The molecule has 27 heavy (non-hydrogen) atoms. The van der Waals surface area contributed by atoms with Gasteiger partial charge in [0.25, 0.3) is 5.91 Å². The molecule has 2 aromatic heterocycles. The Labute approximate surface area is 161 Å². The minimum Gasteiger partial charge on any atom is -0.476 e. The van der Waals surface area contributed by atoms with E-state index in [-0.39, 0.29) is 5.91 Å². The van der Waals surface area contributed by atoms with Gasteiger partial charge in [-0.2, -0.15) is 4.98 Å². The summed E-state index contributed by atoms with van der Waals surface area (Å²) in [5, 5.41) is 3.31. The molecule has 4 rings (SSSR count). The summed E-state index contributed by atoms with van der Waals surface area (Å²) >= 11 is 1.39. The molecule has 1 N–H and O–H groups in total. The molecule has 0 atom stereocenters. The number of carbonyl (C=O) groups is 1. The third-order valence-electron chi connectivity index (χ3n) is 4.36. The van der Waals surface area contributed by atoms with E-state index in [0.29, 0.717) is 29.9 Å². The van der Waals surface area contributed by atoms with E-state index in [1.54, 1.807) is 0 Å². The van der Waals surface area contributed by atoms with Crippen molar-refractivity contribution in [1.82, 2.24) is 20.3 Å². The topological polar surface area (TPSA) is 80.2 Å². The minimum absolute atomic E-state index is 0.184. The number of anilines is 1. The smallest absolute Gasteiger partial charge is 0.280 e. The van der Waals surface area contributed by atoms with Crippen LogP contribution in [0.25, 0.3) is 10.2 Å². The highest BCUT2D eigenvalue weighted by Gasteiger charge is 2.16. The number of thiazole rings is 1. The average molecular weight is 383 g/mol. The van der Waals surface area contributed by atoms with Gasteiger partial charge < -0.3 is 15.0 Å². The van der Waals surface area contributed by atoms with Crippen molar-refractivity contribution in [1.29, 1.82) is 0 Å². The van der Waals surface area contributed by atoms with Crippen LogP contribution in [0.15, 0.2) is 30.3 Å². The zero-order valence-electron chi connectivity index (χ0n) is 15.1. The number of ether oxygens (including phenoxy) is 1. The summed E-state index contributed by atoms with van der Waals surface area (Å²) in [7, 11) is 0. The van der Waals surface area contributed by atoms with Crippen LogP contribution >= 0.6 is 11.3 Å². The number of nitrogens with one attached hydrogen (secondary N) is 1. The minimum atomic E-state index is -0.184. The summed E-state index contributed by atoms with van der Waals surface area (Å²) in [6, 6.07) is 9.59. The van der Waals surface area contributed by atoms with Gasteiger partial charge in [-0.25, -0.2) is 9.97 Å². The van der Waals surface area contributed by atoms with Gasteiger partial charge in [0.15, 0.2) is 5.01 Å². The molecule has 1 aliphatic rings. The largest absolute Gasteiger partial charge is 0.476 e. The van der Waals surface area contributed by atoms with Crippen LogP contribution in [0.2, 0.25) is 0 Å². The number of aryl methyl sites for hydroxylation is 1. The third-order valence-corrected chi connectivity index (χ3v) is 5.39. The lowest BCUT2D eigenvalue weighted by Gasteiger charge is -2.17. The maximum atomic E-state index is 12.3. The summed E-state index contributed by atoms with van der Waals surface area (Å²) in [5.41, 5.74) is 0.842. The molecule has 1 saturated heterocycles. The fourth-order valence-corrected chi connectivity index (χ4v) is 3.95. The van der Waals surface area contributed by atoms with Gasteiger partial charge in [-0.3, -0.25) is 4.79 Å². The molecule has 0 radical (unpaired) electrons. The van der Waals surface area contributed by atoms with Crippen LogP contribution in [-0.2, 0) is 0 Å². The highest BCUT2D eigenvalue weighted by Crippen LogP contribution is 2.22. The zero-order chi connectivity index (χ0) is 18.6. The van der Waals surface area contributed by atoms with E-state index in [1.165, 1.54) is 24.2 Å². The molecule has 7 nitrogen and oxygen atoms in total. The first-order chi connectivity index (χ1) is 13.2. The molecule has 0 unspecified atom stereocenters. The normalized spacial score (nSPS) is 13.9. The number of para-hydroxylation sites is 1. The van der Waals surface area contributed by atoms with Crippen molar-refractivity contribution in [2.75, 3.05) is 31.1 Å². The van der Waals surface area contributed by atoms with Crippen LogP contribution in [0.3, 0.4) is 0 Å². The van der Waals surface area contributed by atoms with Gasteiger partial charge in [-0.1, -0.05) is 12.1 Å². The third kappa shape index (κ3) is 4.16. The van der Waals surface area contributed by atoms with Crippen molar-refractivity contribution in [2.45, 2.75) is 19.8 Å². The number of rotatable bonds is 6. The molecule has 8 heteroatoms. The van der Waals surface area contributed by atoms with Crippen molar-refractivity contribution in [3.05, 3.63) is 41.2 Å². The SMILES string of the molecule is Cc1nc(OCCNC(=O)c2nc3ccccc3s2)cc(N2CCCC2)n1. The number of nitrogens with zero attached hydrogens (tertiary/aromatic N) is 4. The second-order valence-electron chi connectivity index (χ2n) is 6.40. The monoisotopic (exact) mass is 383 g/mol. The van der Waals surface area contributed by atoms with Crippen molar-refractivity contribution >= 4 is 33.3 Å². The summed E-state index contributed by atoms with van der Waals surface area (Å²) in [6.07, 6.45) is 2.38. The fraction of sp³-hybridized carbons (Fsp3) is 0.368. The van der Waals surface area contributed by atoms with Gasteiger partial charge in [0.2, 0.25) is 5.88 Å². The van der Waals surface area contributed by atoms with E-state index < -0.39 is 0 Å². The summed E-state index contributed by atoms with van der Waals surface area (Å²) < 4.78 is 6.73. The van der Waals surface area contributed by atoms with E-state index in [0.717, 1.165) is 29.1 Å². The summed E-state index contributed by atoms with van der Waals surface area (Å²) in [5.74, 6) is 1.96. The Balaban J connectivity index is 1.31. The molecule has 140 valence electrons. The highest BCUT2D eigenvalue weighted by atomic mass is 32.1. The molecular weight excluding hydrogens is 362 g/mol. The Bertz CT molecular complexity index is 919. The van der Waals surface area contributed by atoms with E-state index in [2.05, 4.69) is 25.2 Å². The van der Waals surface area contributed by atoms with Gasteiger partial charge >= 0.3 is 0 Å². The molecule has 0 saturated carbocycles. The van der Waals surface area contributed by atoms with Crippen molar-refractivity contribution in [3.8, 4) is 5.88 Å². The van der Waals surface area contributed by atoms with Crippen molar-refractivity contribution in [2.24, 2.45) is 0 Å². The van der Waals surface area contributed by atoms with Crippen LogP contribution in [0.5, 0.6) is 5.88 Å². The molecule has 0 bridgehead atoms. The Morgan fingerprint density at radius 3 is 2.85 bits per heavy atom. The predicted octanol–water partition coefficient (Wildman–Crippen LogP) is 2.80. The van der Waals surface area contributed by atoms with Gasteiger partial charge in [-0.05, 0) is 31.9 Å². The van der Waals surface area contributed by atoms with Crippen LogP contribution < -0.4 is 15.0 Å².